The maximum Gasteiger partial charge on any atom is 0.334 e. The molecule has 2 aliphatic rings. The summed E-state index contributed by atoms with van der Waals surface area (Å²) in [5.74, 6) is -1.11. The molecule has 1 aromatic rings. The third-order valence-electron chi connectivity index (χ3n) is 4.94. The van der Waals surface area contributed by atoms with Gasteiger partial charge in [-0.1, -0.05) is 49.6 Å². The van der Waals surface area contributed by atoms with Gasteiger partial charge in [0.1, 0.15) is 0 Å². The smallest absolute Gasteiger partial charge is 0.263 e. The van der Waals surface area contributed by atoms with Gasteiger partial charge in [0.25, 0.3) is 0 Å². The molecule has 1 saturated carbocycles. The average Bonchev–Trinajstić information content (AvgIpc) is 2.74. The van der Waals surface area contributed by atoms with Crippen LogP contribution < -0.4 is 0 Å². The lowest BCUT2D eigenvalue weighted by Gasteiger charge is -2.34. The molecule has 1 aromatic carbocycles. The highest BCUT2D eigenvalue weighted by Crippen LogP contribution is 2.31. The summed E-state index contributed by atoms with van der Waals surface area (Å²) in [6.45, 7) is 4.18. The normalized spacial score (nSPS) is 25.4. The molecule has 4 amide bonds. The summed E-state index contributed by atoms with van der Waals surface area (Å²) in [5, 5.41) is 0. The average molecular weight is 314 g/mol. The zero-order valence-corrected chi connectivity index (χ0v) is 13.6. The number of carbonyl (C=O) groups excluding carboxylic acids is 3. The van der Waals surface area contributed by atoms with Crippen molar-refractivity contribution in [3.8, 4) is 0 Å². The molecule has 0 aromatic heterocycles. The molecular weight excluding hydrogens is 292 g/mol. The third kappa shape index (κ3) is 2.87. The van der Waals surface area contributed by atoms with Crippen molar-refractivity contribution in [1.82, 2.24) is 9.80 Å². The van der Waals surface area contributed by atoms with Gasteiger partial charge in [-0.2, -0.15) is 0 Å². The molecule has 1 aliphatic heterocycles. The van der Waals surface area contributed by atoms with Gasteiger partial charge in [0.2, 0.25) is 0 Å². The second-order valence-electron chi connectivity index (χ2n) is 6.66. The number of carbonyl (C=O) groups is 3. The van der Waals surface area contributed by atoms with Crippen molar-refractivity contribution in [3.63, 3.8) is 0 Å². The molecule has 0 radical (unpaired) electrons. The number of nitrogens with zero attached hydrogens (tertiary/aromatic N) is 2. The number of hydrogen-bond donors (Lipinski definition) is 0. The molecule has 1 aliphatic carbocycles. The molecule has 0 spiro atoms. The van der Waals surface area contributed by atoms with Crippen LogP contribution in [0.15, 0.2) is 24.3 Å². The van der Waals surface area contributed by atoms with E-state index in [2.05, 4.69) is 6.92 Å². The molecule has 5 nitrogen and oxygen atoms in total. The Kier molecular flexibility index (Phi) is 4.20. The van der Waals surface area contributed by atoms with Gasteiger partial charge in [0.05, 0.1) is 6.54 Å². The highest BCUT2D eigenvalue weighted by atomic mass is 16.2. The lowest BCUT2D eigenvalue weighted by atomic mass is 9.85. The molecular formula is C18H22N2O3. The first kappa shape index (κ1) is 15.7. The second kappa shape index (κ2) is 6.14. The number of rotatable bonds is 3. The van der Waals surface area contributed by atoms with Crippen LogP contribution in [0.5, 0.6) is 0 Å². The molecule has 1 heterocycles. The summed E-state index contributed by atoms with van der Waals surface area (Å²) in [7, 11) is 0. The van der Waals surface area contributed by atoms with Crippen LogP contribution >= 0.6 is 0 Å². The van der Waals surface area contributed by atoms with E-state index >= 15 is 0 Å². The van der Waals surface area contributed by atoms with E-state index in [-0.39, 0.29) is 18.5 Å². The van der Waals surface area contributed by atoms with E-state index in [9.17, 15) is 14.4 Å². The van der Waals surface area contributed by atoms with Crippen molar-refractivity contribution in [2.45, 2.75) is 52.1 Å². The Hall–Kier alpha value is -2.17. The minimum atomic E-state index is -0.701. The van der Waals surface area contributed by atoms with Gasteiger partial charge in [-0.05, 0) is 31.2 Å². The molecule has 23 heavy (non-hydrogen) atoms. The van der Waals surface area contributed by atoms with Crippen molar-refractivity contribution >= 4 is 17.8 Å². The number of urea groups is 1. The summed E-state index contributed by atoms with van der Waals surface area (Å²) in [6, 6.07) is 7.03. The van der Waals surface area contributed by atoms with Crippen molar-refractivity contribution in [2.24, 2.45) is 5.92 Å². The first-order valence-corrected chi connectivity index (χ1v) is 8.23. The minimum Gasteiger partial charge on any atom is -0.263 e. The molecule has 3 rings (SSSR count). The zero-order chi connectivity index (χ0) is 16.6. The number of aryl methyl sites for hydroxylation is 1. The summed E-state index contributed by atoms with van der Waals surface area (Å²) in [5.41, 5.74) is 1.96. The van der Waals surface area contributed by atoms with Crippen LogP contribution in [0.1, 0.15) is 43.7 Å². The van der Waals surface area contributed by atoms with Crippen molar-refractivity contribution < 1.29 is 14.4 Å². The molecule has 2 atom stereocenters. The Bertz CT molecular complexity index is 638. The van der Waals surface area contributed by atoms with Crippen LogP contribution in [0.4, 0.5) is 4.79 Å². The van der Waals surface area contributed by atoms with E-state index in [4.69, 9.17) is 0 Å². The minimum absolute atomic E-state index is 0.143. The number of hydrogen-bond acceptors (Lipinski definition) is 3. The Morgan fingerprint density at radius 3 is 2.30 bits per heavy atom. The van der Waals surface area contributed by atoms with E-state index in [1.807, 2.05) is 31.2 Å². The Morgan fingerprint density at radius 1 is 1.00 bits per heavy atom. The maximum absolute atomic E-state index is 12.7. The predicted octanol–water partition coefficient (Wildman–Crippen LogP) is 2.86. The third-order valence-corrected chi connectivity index (χ3v) is 4.94. The number of benzene rings is 1. The van der Waals surface area contributed by atoms with Gasteiger partial charge in [0, 0.05) is 6.04 Å². The van der Waals surface area contributed by atoms with Crippen LogP contribution in [0, 0.1) is 12.8 Å². The van der Waals surface area contributed by atoms with Gasteiger partial charge >= 0.3 is 17.8 Å². The van der Waals surface area contributed by atoms with Crippen molar-refractivity contribution in [1.29, 1.82) is 0 Å². The van der Waals surface area contributed by atoms with E-state index in [0.717, 1.165) is 41.7 Å². The zero-order valence-electron chi connectivity index (χ0n) is 13.6. The van der Waals surface area contributed by atoms with Crippen LogP contribution in [0.25, 0.3) is 0 Å². The van der Waals surface area contributed by atoms with E-state index in [1.165, 1.54) is 4.90 Å². The molecule has 0 unspecified atom stereocenters. The molecule has 122 valence electrons. The standard InChI is InChI=1S/C18H22N2O3/c1-12-7-9-14(10-8-12)11-19-16(21)17(22)20(18(19)23)15-6-4-3-5-13(15)2/h7-10,13,15H,3-6,11H2,1-2H3/t13-,15+/m0/s1. The molecule has 5 heteroatoms. The quantitative estimate of drug-likeness (QED) is 0.637. The fourth-order valence-electron chi connectivity index (χ4n) is 3.51. The Morgan fingerprint density at radius 2 is 1.65 bits per heavy atom. The summed E-state index contributed by atoms with van der Waals surface area (Å²) in [6.07, 6.45) is 3.91. The second-order valence-corrected chi connectivity index (χ2v) is 6.66. The highest BCUT2D eigenvalue weighted by molar-refractivity contribution is 6.44. The first-order valence-electron chi connectivity index (χ1n) is 8.23. The van der Waals surface area contributed by atoms with Gasteiger partial charge in [-0.25, -0.2) is 4.79 Å². The highest BCUT2D eigenvalue weighted by Gasteiger charge is 2.48. The lowest BCUT2D eigenvalue weighted by Crippen LogP contribution is -2.46. The van der Waals surface area contributed by atoms with Crippen LogP contribution in [-0.2, 0) is 16.1 Å². The molecule has 1 saturated heterocycles. The van der Waals surface area contributed by atoms with Gasteiger partial charge < -0.3 is 0 Å². The number of imide groups is 2. The van der Waals surface area contributed by atoms with Crippen LogP contribution in [0.2, 0.25) is 0 Å². The first-order chi connectivity index (χ1) is 11.0. The fourth-order valence-corrected chi connectivity index (χ4v) is 3.51. The van der Waals surface area contributed by atoms with E-state index in [1.54, 1.807) is 0 Å². The molecule has 2 fully saturated rings. The molecule has 0 bridgehead atoms. The topological polar surface area (TPSA) is 57.7 Å². The van der Waals surface area contributed by atoms with Crippen molar-refractivity contribution in [2.75, 3.05) is 0 Å². The molecule has 0 N–H and O–H groups in total. The SMILES string of the molecule is Cc1ccc(CN2C(=O)C(=O)N([C@@H]3CCCC[C@@H]3C)C2=O)cc1. The van der Waals surface area contributed by atoms with Crippen molar-refractivity contribution in [3.05, 3.63) is 35.4 Å². The van der Waals surface area contributed by atoms with E-state index < -0.39 is 17.8 Å². The largest absolute Gasteiger partial charge is 0.334 e. The predicted molar refractivity (Wildman–Crippen MR) is 85.4 cm³/mol. The Labute approximate surface area is 136 Å². The fraction of sp³-hybridized carbons (Fsp3) is 0.500. The lowest BCUT2D eigenvalue weighted by molar-refractivity contribution is -0.144. The number of amides is 4. The summed E-state index contributed by atoms with van der Waals surface area (Å²) < 4.78 is 0. The summed E-state index contributed by atoms with van der Waals surface area (Å²) in [4.78, 5) is 39.5. The maximum atomic E-state index is 12.7. The van der Waals surface area contributed by atoms with Crippen LogP contribution in [0.3, 0.4) is 0 Å². The van der Waals surface area contributed by atoms with Gasteiger partial charge in [-0.3, -0.25) is 19.4 Å². The Balaban J connectivity index is 1.80. The van der Waals surface area contributed by atoms with Gasteiger partial charge in [-0.15, -0.1) is 0 Å². The van der Waals surface area contributed by atoms with Gasteiger partial charge in [0.15, 0.2) is 0 Å². The van der Waals surface area contributed by atoms with Crippen LogP contribution in [-0.4, -0.2) is 33.7 Å². The summed E-state index contributed by atoms with van der Waals surface area (Å²) >= 11 is 0. The van der Waals surface area contributed by atoms with E-state index in [0.29, 0.717) is 0 Å². The monoisotopic (exact) mass is 314 g/mol.